The second kappa shape index (κ2) is 1.05. The van der Waals surface area contributed by atoms with Gasteiger partial charge in [0.2, 0.25) is 0 Å². The molecule has 5 rings (SSSR count). The summed E-state index contributed by atoms with van der Waals surface area (Å²) in [5.41, 5.74) is 0. The molecule has 0 amide bonds. The van der Waals surface area contributed by atoms with Crippen molar-refractivity contribution in [2.45, 2.75) is 19.8 Å². The third-order valence-electron chi connectivity index (χ3n) is 4.80. The van der Waals surface area contributed by atoms with Crippen molar-refractivity contribution in [2.24, 2.45) is 35.5 Å². The average molecular weight is 133 g/mol. The van der Waals surface area contributed by atoms with Gasteiger partial charge in [-0.1, -0.05) is 0 Å². The standard InChI is InChI=1S/C10H13/c1-4-9-5-2-6-8(10(4)6)3-7(5)9/h5-10H,2-3H2,1H3/q+1. The second-order valence-corrected chi connectivity index (χ2v) is 4.92. The van der Waals surface area contributed by atoms with Crippen LogP contribution in [0.25, 0.3) is 0 Å². The van der Waals surface area contributed by atoms with Crippen molar-refractivity contribution >= 4 is 0 Å². The van der Waals surface area contributed by atoms with Gasteiger partial charge in [-0.3, -0.25) is 0 Å². The highest BCUT2D eigenvalue weighted by atomic mass is 14.8. The van der Waals surface area contributed by atoms with Crippen LogP contribution in [0.15, 0.2) is 0 Å². The average Bonchev–Trinajstić information content (AvgIpc) is 2.71. The molecule has 0 heteroatoms. The lowest BCUT2D eigenvalue weighted by Crippen LogP contribution is -2.08. The van der Waals surface area contributed by atoms with Crippen LogP contribution >= 0.6 is 0 Å². The lowest BCUT2D eigenvalue weighted by atomic mass is 9.89. The largest absolute Gasteiger partial charge is 0.107 e. The Morgan fingerprint density at radius 3 is 1.70 bits per heavy atom. The van der Waals surface area contributed by atoms with Crippen LogP contribution in [-0.4, -0.2) is 0 Å². The molecule has 5 saturated carbocycles. The zero-order chi connectivity index (χ0) is 6.46. The number of rotatable bonds is 0. The van der Waals surface area contributed by atoms with Crippen LogP contribution in [0, 0.1) is 41.4 Å². The highest BCUT2D eigenvalue weighted by molar-refractivity contribution is 5.32. The van der Waals surface area contributed by atoms with Gasteiger partial charge >= 0.3 is 0 Å². The molecule has 5 fully saturated rings. The molecule has 0 aromatic rings. The zero-order valence-corrected chi connectivity index (χ0v) is 6.38. The van der Waals surface area contributed by atoms with Crippen LogP contribution in [0.1, 0.15) is 19.8 Å². The van der Waals surface area contributed by atoms with Gasteiger partial charge in [0.25, 0.3) is 0 Å². The smallest absolute Gasteiger partial charge is 0.0380 e. The quantitative estimate of drug-likeness (QED) is 0.444. The molecule has 0 spiro atoms. The molecule has 5 aliphatic rings. The van der Waals surface area contributed by atoms with Gasteiger partial charge < -0.3 is 0 Å². The maximum absolute atomic E-state index is 2.44. The van der Waals surface area contributed by atoms with Crippen molar-refractivity contribution in [3.63, 3.8) is 0 Å². The Hall–Kier alpha value is -0.130. The molecule has 52 valence electrons. The fourth-order valence-corrected chi connectivity index (χ4v) is 4.38. The van der Waals surface area contributed by atoms with Crippen molar-refractivity contribution in [3.8, 4) is 0 Å². The van der Waals surface area contributed by atoms with Crippen LogP contribution < -0.4 is 0 Å². The summed E-state index contributed by atoms with van der Waals surface area (Å²) in [4.78, 5) is 0. The molecule has 0 N–H and O–H groups in total. The lowest BCUT2D eigenvalue weighted by Gasteiger charge is -2.05. The van der Waals surface area contributed by atoms with E-state index >= 15 is 0 Å². The predicted molar refractivity (Wildman–Crippen MR) is 39.1 cm³/mol. The Labute approximate surface area is 62.0 Å². The summed E-state index contributed by atoms with van der Waals surface area (Å²) in [5, 5.41) is 0. The van der Waals surface area contributed by atoms with E-state index in [0.717, 1.165) is 11.8 Å². The highest BCUT2D eigenvalue weighted by Crippen LogP contribution is 2.80. The molecule has 0 heterocycles. The molecule has 0 aromatic heterocycles. The zero-order valence-electron chi connectivity index (χ0n) is 6.38. The topological polar surface area (TPSA) is 0 Å². The monoisotopic (exact) mass is 133 g/mol. The van der Waals surface area contributed by atoms with Crippen LogP contribution in [0.2, 0.25) is 0 Å². The summed E-state index contributed by atoms with van der Waals surface area (Å²) < 4.78 is 0. The summed E-state index contributed by atoms with van der Waals surface area (Å²) in [6.07, 6.45) is 3.25. The first-order valence-electron chi connectivity index (χ1n) is 4.71. The van der Waals surface area contributed by atoms with Gasteiger partial charge in [0.15, 0.2) is 0 Å². The van der Waals surface area contributed by atoms with Gasteiger partial charge in [0.1, 0.15) is 11.8 Å². The van der Waals surface area contributed by atoms with Crippen molar-refractivity contribution < 1.29 is 0 Å². The summed E-state index contributed by atoms with van der Waals surface area (Å²) in [5.74, 6) is 8.97. The lowest BCUT2D eigenvalue weighted by molar-refractivity contribution is 0.457. The first kappa shape index (κ1) is 4.69. The third kappa shape index (κ3) is 0.289. The first-order chi connectivity index (χ1) is 4.88. The van der Waals surface area contributed by atoms with E-state index in [-0.39, 0.29) is 0 Å². The van der Waals surface area contributed by atoms with Gasteiger partial charge in [-0.05, 0) is 12.8 Å². The molecule has 0 aliphatic heterocycles. The van der Waals surface area contributed by atoms with Gasteiger partial charge in [-0.15, -0.1) is 0 Å². The Morgan fingerprint density at radius 2 is 1.30 bits per heavy atom. The van der Waals surface area contributed by atoms with Crippen LogP contribution in [0.5, 0.6) is 0 Å². The van der Waals surface area contributed by atoms with E-state index in [1.165, 1.54) is 23.7 Å². The van der Waals surface area contributed by atoms with Crippen molar-refractivity contribution in [3.05, 3.63) is 5.92 Å². The fraction of sp³-hybridized carbons (Fsp3) is 0.900. The summed E-state index contributed by atoms with van der Waals surface area (Å²) in [6.45, 7) is 2.44. The van der Waals surface area contributed by atoms with Gasteiger partial charge in [-0.2, -0.15) is 0 Å². The van der Waals surface area contributed by atoms with Crippen LogP contribution in [0.4, 0.5) is 0 Å². The third-order valence-corrected chi connectivity index (χ3v) is 4.80. The normalized spacial score (nSPS) is 73.5. The molecule has 0 radical (unpaired) electrons. The molecule has 0 nitrogen and oxygen atoms in total. The van der Waals surface area contributed by atoms with Crippen molar-refractivity contribution in [1.29, 1.82) is 0 Å². The summed E-state index contributed by atoms with van der Waals surface area (Å²) in [6, 6.07) is 0. The van der Waals surface area contributed by atoms with Crippen molar-refractivity contribution in [1.82, 2.24) is 0 Å². The van der Waals surface area contributed by atoms with E-state index in [4.69, 9.17) is 0 Å². The van der Waals surface area contributed by atoms with Crippen LogP contribution in [-0.2, 0) is 0 Å². The molecule has 5 aliphatic carbocycles. The van der Waals surface area contributed by atoms with Crippen molar-refractivity contribution in [2.75, 3.05) is 0 Å². The SMILES string of the molecule is C[C+]1C2C3CC4C(CC32)C14. The van der Waals surface area contributed by atoms with E-state index in [1.807, 2.05) is 5.92 Å². The highest BCUT2D eigenvalue weighted by Gasteiger charge is 2.81. The number of hydrogen-bond acceptors (Lipinski definition) is 0. The van der Waals surface area contributed by atoms with E-state index in [2.05, 4.69) is 6.92 Å². The van der Waals surface area contributed by atoms with Gasteiger partial charge in [0, 0.05) is 23.7 Å². The Kier molecular flexibility index (Phi) is 0.492. The predicted octanol–water partition coefficient (Wildman–Crippen LogP) is 2.11. The Balaban J connectivity index is 1.86. The molecule has 6 bridgehead atoms. The Bertz CT molecular complexity index is 170. The molecular formula is C10H13+. The minimum absolute atomic E-state index is 1.14. The molecular weight excluding hydrogens is 120 g/mol. The minimum atomic E-state index is 1.14. The molecule has 0 aromatic carbocycles. The maximum atomic E-state index is 2.44. The maximum Gasteiger partial charge on any atom is 0.107 e. The number of hydrogen-bond donors (Lipinski definition) is 0. The van der Waals surface area contributed by atoms with E-state index in [0.29, 0.717) is 0 Å². The molecule has 4 unspecified atom stereocenters. The second-order valence-electron chi connectivity index (χ2n) is 4.92. The fourth-order valence-electron chi connectivity index (χ4n) is 4.38. The van der Waals surface area contributed by atoms with E-state index in [1.54, 1.807) is 12.8 Å². The summed E-state index contributed by atoms with van der Waals surface area (Å²) in [7, 11) is 0. The minimum Gasteiger partial charge on any atom is -0.0380 e. The Morgan fingerprint density at radius 1 is 0.900 bits per heavy atom. The first-order valence-corrected chi connectivity index (χ1v) is 4.71. The van der Waals surface area contributed by atoms with E-state index < -0.39 is 0 Å². The molecule has 10 heavy (non-hydrogen) atoms. The summed E-state index contributed by atoms with van der Waals surface area (Å²) >= 11 is 0. The molecule has 0 saturated heterocycles. The van der Waals surface area contributed by atoms with Gasteiger partial charge in [-0.25, -0.2) is 0 Å². The molecule has 4 atom stereocenters. The van der Waals surface area contributed by atoms with Gasteiger partial charge in [0.05, 0.1) is 12.8 Å². The van der Waals surface area contributed by atoms with Crippen LogP contribution in [0.3, 0.4) is 0 Å². The van der Waals surface area contributed by atoms with E-state index in [9.17, 15) is 0 Å².